The number of aryl methyl sites for hydroxylation is 1. The molecule has 0 atom stereocenters. The molecule has 4 nitrogen and oxygen atoms in total. The van der Waals surface area contributed by atoms with Crippen molar-refractivity contribution in [3.05, 3.63) is 29.8 Å². The van der Waals surface area contributed by atoms with Crippen LogP contribution in [0.4, 0.5) is 5.82 Å². The van der Waals surface area contributed by atoms with Crippen molar-refractivity contribution in [3.63, 3.8) is 0 Å². The largest absolute Gasteiger partial charge is 0.490 e. The molecule has 0 radical (unpaired) electrons. The van der Waals surface area contributed by atoms with E-state index < -0.39 is 0 Å². The molecule has 1 aromatic carbocycles. The first-order chi connectivity index (χ1) is 12.4. The second-order valence-corrected chi connectivity index (χ2v) is 8.05. The normalized spacial score (nSPS) is 11.8. The number of fused-ring (bicyclic) bond motifs is 1. The zero-order valence-electron chi connectivity index (χ0n) is 16.9. The van der Waals surface area contributed by atoms with Gasteiger partial charge in [0.15, 0.2) is 11.6 Å². The van der Waals surface area contributed by atoms with E-state index in [1.54, 1.807) is 0 Å². The van der Waals surface area contributed by atoms with Crippen molar-refractivity contribution in [2.24, 2.45) is 0 Å². The molecule has 3 N–H and O–H groups in total. The summed E-state index contributed by atoms with van der Waals surface area (Å²) in [6.07, 6.45) is 6.81. The van der Waals surface area contributed by atoms with E-state index in [1.165, 1.54) is 30.2 Å². The average Bonchev–Trinajstić information content (AvgIpc) is 2.58. The highest BCUT2D eigenvalue weighted by atomic mass is 16.5. The number of hydrogen-bond donors (Lipinski definition) is 2. The van der Waals surface area contributed by atoms with E-state index in [0.29, 0.717) is 18.2 Å². The number of benzene rings is 1. The lowest BCUT2D eigenvalue weighted by molar-refractivity contribution is 0.310. The van der Waals surface area contributed by atoms with E-state index in [2.05, 4.69) is 56.2 Å². The Balaban J connectivity index is 1.97. The lowest BCUT2D eigenvalue weighted by Gasteiger charge is -2.20. The number of nitrogen functional groups attached to an aromatic ring is 1. The molecule has 2 rings (SSSR count). The molecule has 0 spiro atoms. The number of nitrogens with zero attached hydrogens (tertiary/aromatic N) is 1. The van der Waals surface area contributed by atoms with Crippen LogP contribution in [-0.4, -0.2) is 23.7 Å². The van der Waals surface area contributed by atoms with E-state index in [4.69, 9.17) is 10.5 Å². The van der Waals surface area contributed by atoms with Crippen LogP contribution in [0.5, 0.6) is 5.75 Å². The molecule has 0 amide bonds. The number of rotatable bonds is 10. The maximum absolute atomic E-state index is 6.07. The van der Waals surface area contributed by atoms with Gasteiger partial charge in [-0.25, -0.2) is 4.98 Å². The maximum Gasteiger partial charge on any atom is 0.166 e. The Bertz CT molecular complexity index is 692. The lowest BCUT2D eigenvalue weighted by atomic mass is 10.0. The molecule has 0 aliphatic rings. The van der Waals surface area contributed by atoms with Gasteiger partial charge in [0.05, 0.1) is 12.1 Å². The Morgan fingerprint density at radius 2 is 1.92 bits per heavy atom. The average molecular weight is 358 g/mol. The van der Waals surface area contributed by atoms with Crippen LogP contribution >= 0.6 is 0 Å². The van der Waals surface area contributed by atoms with Gasteiger partial charge in [-0.1, -0.05) is 31.9 Å². The molecule has 0 unspecified atom stereocenters. The number of nitrogens with one attached hydrogen (secondary N) is 1. The fraction of sp³-hybridized carbons (Fsp3) is 0.591. The Kier molecular flexibility index (Phi) is 7.70. The molecule has 0 aliphatic heterocycles. The van der Waals surface area contributed by atoms with Gasteiger partial charge in [0.2, 0.25) is 0 Å². The molecule has 4 heteroatoms. The third kappa shape index (κ3) is 6.49. The minimum atomic E-state index is 0.204. The summed E-state index contributed by atoms with van der Waals surface area (Å²) in [6, 6.07) is 8.37. The molecule has 1 heterocycles. The predicted molar refractivity (Wildman–Crippen MR) is 112 cm³/mol. The topological polar surface area (TPSA) is 60.2 Å². The summed E-state index contributed by atoms with van der Waals surface area (Å²) in [6.45, 7) is 10.6. The summed E-state index contributed by atoms with van der Waals surface area (Å²) >= 11 is 0. The van der Waals surface area contributed by atoms with Gasteiger partial charge in [0, 0.05) is 10.9 Å². The predicted octanol–water partition coefficient (Wildman–Crippen LogP) is 5.10. The summed E-state index contributed by atoms with van der Waals surface area (Å²) in [5, 5.41) is 4.72. The van der Waals surface area contributed by atoms with Gasteiger partial charge in [-0.05, 0) is 70.7 Å². The van der Waals surface area contributed by atoms with Gasteiger partial charge in [-0.15, -0.1) is 0 Å². The highest BCUT2D eigenvalue weighted by Gasteiger charge is 2.09. The van der Waals surface area contributed by atoms with E-state index in [-0.39, 0.29) is 5.54 Å². The number of aromatic nitrogens is 1. The molecule has 0 saturated carbocycles. The lowest BCUT2D eigenvalue weighted by Crippen LogP contribution is -2.36. The van der Waals surface area contributed by atoms with Gasteiger partial charge in [-0.2, -0.15) is 0 Å². The molecule has 0 aliphatic carbocycles. The maximum atomic E-state index is 6.07. The van der Waals surface area contributed by atoms with Crippen molar-refractivity contribution in [2.45, 2.75) is 71.8 Å². The summed E-state index contributed by atoms with van der Waals surface area (Å²) < 4.78 is 5.83. The quantitative estimate of drug-likeness (QED) is 0.581. The molecule has 0 bridgehead atoms. The van der Waals surface area contributed by atoms with Crippen LogP contribution in [-0.2, 0) is 6.42 Å². The molecule has 0 saturated heterocycles. The third-order valence-electron chi connectivity index (χ3n) is 4.48. The van der Waals surface area contributed by atoms with Crippen molar-refractivity contribution in [1.82, 2.24) is 10.3 Å². The zero-order chi connectivity index (χ0) is 19.0. The number of anilines is 1. The molecule has 0 fully saturated rings. The Morgan fingerprint density at radius 3 is 2.65 bits per heavy atom. The first-order valence-corrected chi connectivity index (χ1v) is 9.96. The van der Waals surface area contributed by atoms with Gasteiger partial charge in [0.25, 0.3) is 0 Å². The highest BCUT2D eigenvalue weighted by molar-refractivity contribution is 5.85. The van der Waals surface area contributed by atoms with Crippen molar-refractivity contribution >= 4 is 16.7 Å². The zero-order valence-corrected chi connectivity index (χ0v) is 16.9. The monoisotopic (exact) mass is 357 g/mol. The summed E-state index contributed by atoms with van der Waals surface area (Å²) in [4.78, 5) is 4.54. The third-order valence-corrected chi connectivity index (χ3v) is 4.48. The van der Waals surface area contributed by atoms with Gasteiger partial charge in [-0.3, -0.25) is 0 Å². The van der Waals surface area contributed by atoms with E-state index >= 15 is 0 Å². The second kappa shape index (κ2) is 9.77. The number of unbranched alkanes of at least 4 members (excludes halogenated alkanes) is 3. The highest BCUT2D eigenvalue weighted by Crippen LogP contribution is 2.28. The van der Waals surface area contributed by atoms with Crippen LogP contribution in [0.3, 0.4) is 0 Å². The minimum Gasteiger partial charge on any atom is -0.490 e. The van der Waals surface area contributed by atoms with Gasteiger partial charge >= 0.3 is 0 Å². The van der Waals surface area contributed by atoms with E-state index in [0.717, 1.165) is 31.3 Å². The van der Waals surface area contributed by atoms with Gasteiger partial charge in [0.1, 0.15) is 0 Å². The second-order valence-electron chi connectivity index (χ2n) is 8.05. The fourth-order valence-corrected chi connectivity index (χ4v) is 2.99. The van der Waals surface area contributed by atoms with Crippen LogP contribution in [0.15, 0.2) is 24.3 Å². The molecule has 144 valence electrons. The Hall–Kier alpha value is -1.81. The van der Waals surface area contributed by atoms with Crippen LogP contribution in [0.1, 0.15) is 65.4 Å². The molecular formula is C22H35N3O. The number of ether oxygens (including phenoxy) is 1. The first-order valence-electron chi connectivity index (χ1n) is 9.96. The summed E-state index contributed by atoms with van der Waals surface area (Å²) in [7, 11) is 0. The van der Waals surface area contributed by atoms with Crippen LogP contribution in [0.25, 0.3) is 10.9 Å². The van der Waals surface area contributed by atoms with E-state index in [9.17, 15) is 0 Å². The molecule has 26 heavy (non-hydrogen) atoms. The van der Waals surface area contributed by atoms with Gasteiger partial charge < -0.3 is 15.8 Å². The van der Waals surface area contributed by atoms with Crippen LogP contribution < -0.4 is 15.8 Å². The molecule has 1 aromatic heterocycles. The Labute approximate surface area is 158 Å². The number of hydrogen-bond acceptors (Lipinski definition) is 4. The SMILES string of the molecule is CCCCOc1cc2c(CCCCCNC(C)(C)C)cccc2nc1N. The molecular weight excluding hydrogens is 322 g/mol. The summed E-state index contributed by atoms with van der Waals surface area (Å²) in [5.74, 6) is 1.20. The fourth-order valence-electron chi connectivity index (χ4n) is 2.99. The van der Waals surface area contributed by atoms with Crippen LogP contribution in [0.2, 0.25) is 0 Å². The van der Waals surface area contributed by atoms with Crippen molar-refractivity contribution in [1.29, 1.82) is 0 Å². The number of pyridine rings is 1. The minimum absolute atomic E-state index is 0.204. The smallest absolute Gasteiger partial charge is 0.166 e. The standard InChI is InChI=1S/C22H35N3O/c1-5-6-15-26-20-16-18-17(12-10-13-19(18)25-21(20)23)11-8-7-9-14-24-22(2,3)4/h10,12-13,16,24H,5-9,11,14-15H2,1-4H3,(H2,23,25). The Morgan fingerprint density at radius 1 is 1.12 bits per heavy atom. The van der Waals surface area contributed by atoms with Crippen molar-refractivity contribution in [3.8, 4) is 5.75 Å². The van der Waals surface area contributed by atoms with E-state index in [1.807, 2.05) is 6.07 Å². The first kappa shape index (κ1) is 20.5. The van der Waals surface area contributed by atoms with Crippen molar-refractivity contribution in [2.75, 3.05) is 18.9 Å². The van der Waals surface area contributed by atoms with Crippen molar-refractivity contribution < 1.29 is 4.74 Å². The van der Waals surface area contributed by atoms with Crippen LogP contribution in [0, 0.1) is 0 Å². The number of nitrogens with two attached hydrogens (primary N) is 1. The molecule has 2 aromatic rings. The summed E-state index contributed by atoms with van der Waals surface area (Å²) in [5.41, 5.74) is 8.56.